The molecule has 132 valence electrons. The van der Waals surface area contributed by atoms with Gasteiger partial charge in [-0.05, 0) is 30.7 Å². The molecule has 2 aliphatic rings. The van der Waals surface area contributed by atoms with E-state index in [1.54, 1.807) is 0 Å². The standard InChI is InChI=1S/C20H24FN3O/c1-14-11-24(12-16-4-2-3-5-19(16)25-14)13-17-10-22-23-20(17)15-6-8-18(21)9-7-15/h2-9,14,17,20,22-23H,10-13H2,1H3. The zero-order valence-corrected chi connectivity index (χ0v) is 14.4. The molecule has 3 unspecified atom stereocenters. The number of hydrogen-bond acceptors (Lipinski definition) is 4. The van der Waals surface area contributed by atoms with Crippen molar-refractivity contribution in [3.63, 3.8) is 0 Å². The molecule has 2 aliphatic heterocycles. The fourth-order valence-corrected chi connectivity index (χ4v) is 3.87. The van der Waals surface area contributed by atoms with Gasteiger partial charge in [-0.25, -0.2) is 9.82 Å². The molecular formula is C20H24FN3O. The molecule has 0 radical (unpaired) electrons. The number of para-hydroxylation sites is 1. The van der Waals surface area contributed by atoms with E-state index >= 15 is 0 Å². The summed E-state index contributed by atoms with van der Waals surface area (Å²) in [6.45, 7) is 5.78. The van der Waals surface area contributed by atoms with Gasteiger partial charge in [-0.15, -0.1) is 0 Å². The lowest BCUT2D eigenvalue weighted by Crippen LogP contribution is -2.36. The summed E-state index contributed by atoms with van der Waals surface area (Å²) in [6.07, 6.45) is 0.162. The van der Waals surface area contributed by atoms with Gasteiger partial charge in [0.1, 0.15) is 17.7 Å². The summed E-state index contributed by atoms with van der Waals surface area (Å²) in [6, 6.07) is 15.3. The molecule has 25 heavy (non-hydrogen) atoms. The van der Waals surface area contributed by atoms with Crippen molar-refractivity contribution in [2.45, 2.75) is 25.6 Å². The third-order valence-electron chi connectivity index (χ3n) is 5.03. The summed E-state index contributed by atoms with van der Waals surface area (Å²) in [5.74, 6) is 1.22. The van der Waals surface area contributed by atoms with Crippen molar-refractivity contribution in [2.24, 2.45) is 5.92 Å². The van der Waals surface area contributed by atoms with E-state index in [2.05, 4.69) is 40.9 Å². The van der Waals surface area contributed by atoms with Crippen LogP contribution in [0, 0.1) is 11.7 Å². The molecule has 1 fully saturated rings. The SMILES string of the molecule is CC1CN(CC2CNNC2c2ccc(F)cc2)Cc2ccccc2O1. The number of halogens is 1. The van der Waals surface area contributed by atoms with Crippen molar-refractivity contribution in [1.29, 1.82) is 0 Å². The van der Waals surface area contributed by atoms with E-state index in [1.807, 2.05) is 18.2 Å². The molecule has 0 aromatic heterocycles. The van der Waals surface area contributed by atoms with Crippen LogP contribution < -0.4 is 15.6 Å². The summed E-state index contributed by atoms with van der Waals surface area (Å²) >= 11 is 0. The summed E-state index contributed by atoms with van der Waals surface area (Å²) in [7, 11) is 0. The van der Waals surface area contributed by atoms with Crippen LogP contribution in [0.25, 0.3) is 0 Å². The first-order valence-corrected chi connectivity index (χ1v) is 8.90. The minimum atomic E-state index is -0.193. The van der Waals surface area contributed by atoms with E-state index < -0.39 is 0 Å². The van der Waals surface area contributed by atoms with Gasteiger partial charge < -0.3 is 4.74 Å². The van der Waals surface area contributed by atoms with Gasteiger partial charge in [0.05, 0.1) is 6.04 Å². The van der Waals surface area contributed by atoms with Crippen LogP contribution >= 0.6 is 0 Å². The van der Waals surface area contributed by atoms with Gasteiger partial charge >= 0.3 is 0 Å². The number of hydrogen-bond donors (Lipinski definition) is 2. The van der Waals surface area contributed by atoms with Crippen LogP contribution in [-0.2, 0) is 6.54 Å². The van der Waals surface area contributed by atoms with Gasteiger partial charge in [-0.1, -0.05) is 30.3 Å². The van der Waals surface area contributed by atoms with Crippen molar-refractivity contribution in [2.75, 3.05) is 19.6 Å². The maximum absolute atomic E-state index is 13.2. The highest BCUT2D eigenvalue weighted by molar-refractivity contribution is 5.34. The molecule has 0 spiro atoms. The number of hydrazine groups is 1. The number of nitrogens with zero attached hydrogens (tertiary/aromatic N) is 1. The Bertz CT molecular complexity index is 721. The molecule has 0 aliphatic carbocycles. The molecule has 3 atom stereocenters. The molecule has 2 N–H and O–H groups in total. The Hall–Kier alpha value is -1.95. The predicted octanol–water partition coefficient (Wildman–Crippen LogP) is 2.87. The highest BCUT2D eigenvalue weighted by Gasteiger charge is 2.31. The third-order valence-corrected chi connectivity index (χ3v) is 5.03. The maximum atomic E-state index is 13.2. The second-order valence-electron chi connectivity index (χ2n) is 7.04. The number of nitrogens with one attached hydrogen (secondary N) is 2. The van der Waals surface area contributed by atoms with Crippen LogP contribution in [0.3, 0.4) is 0 Å². The molecule has 0 saturated carbocycles. The second kappa shape index (κ2) is 7.12. The lowest BCUT2D eigenvalue weighted by molar-refractivity contribution is 0.145. The van der Waals surface area contributed by atoms with Crippen molar-refractivity contribution in [1.82, 2.24) is 15.8 Å². The minimum absolute atomic E-state index is 0.162. The molecule has 0 amide bonds. The monoisotopic (exact) mass is 341 g/mol. The van der Waals surface area contributed by atoms with E-state index in [4.69, 9.17) is 4.74 Å². The van der Waals surface area contributed by atoms with Crippen LogP contribution in [0.1, 0.15) is 24.1 Å². The Kier molecular flexibility index (Phi) is 4.70. The highest BCUT2D eigenvalue weighted by atomic mass is 19.1. The first-order valence-electron chi connectivity index (χ1n) is 8.90. The Balaban J connectivity index is 1.49. The minimum Gasteiger partial charge on any atom is -0.489 e. The average molecular weight is 341 g/mol. The molecule has 0 bridgehead atoms. The number of ether oxygens (including phenoxy) is 1. The van der Waals surface area contributed by atoms with Gasteiger partial charge in [0.15, 0.2) is 0 Å². The summed E-state index contributed by atoms with van der Waals surface area (Å²) in [5.41, 5.74) is 8.98. The van der Waals surface area contributed by atoms with Crippen molar-refractivity contribution < 1.29 is 9.13 Å². The zero-order valence-electron chi connectivity index (χ0n) is 14.4. The van der Waals surface area contributed by atoms with E-state index in [9.17, 15) is 4.39 Å². The highest BCUT2D eigenvalue weighted by Crippen LogP contribution is 2.29. The van der Waals surface area contributed by atoms with E-state index in [0.29, 0.717) is 5.92 Å². The third kappa shape index (κ3) is 3.68. The molecule has 1 saturated heterocycles. The lowest BCUT2D eigenvalue weighted by atomic mass is 9.94. The van der Waals surface area contributed by atoms with Crippen molar-refractivity contribution in [3.05, 3.63) is 65.5 Å². The molecule has 4 rings (SSSR count). The van der Waals surface area contributed by atoms with Gasteiger partial charge in [-0.3, -0.25) is 10.3 Å². The van der Waals surface area contributed by atoms with Crippen LogP contribution in [0.15, 0.2) is 48.5 Å². The predicted molar refractivity (Wildman–Crippen MR) is 95.6 cm³/mol. The fourth-order valence-electron chi connectivity index (χ4n) is 3.87. The number of benzene rings is 2. The van der Waals surface area contributed by atoms with Crippen LogP contribution in [0.2, 0.25) is 0 Å². The van der Waals surface area contributed by atoms with E-state index in [-0.39, 0.29) is 18.0 Å². The number of fused-ring (bicyclic) bond motifs is 1. The maximum Gasteiger partial charge on any atom is 0.124 e. The lowest BCUT2D eigenvalue weighted by Gasteiger charge is -2.27. The van der Waals surface area contributed by atoms with Crippen LogP contribution in [0.4, 0.5) is 4.39 Å². The molecule has 2 heterocycles. The van der Waals surface area contributed by atoms with Crippen LogP contribution in [0.5, 0.6) is 5.75 Å². The molecule has 5 heteroatoms. The summed E-state index contributed by atoms with van der Waals surface area (Å²) in [5, 5.41) is 0. The zero-order chi connectivity index (χ0) is 17.2. The first kappa shape index (κ1) is 16.5. The largest absolute Gasteiger partial charge is 0.489 e. The van der Waals surface area contributed by atoms with Crippen molar-refractivity contribution >= 4 is 0 Å². The quantitative estimate of drug-likeness (QED) is 0.900. The van der Waals surface area contributed by atoms with Gasteiger partial charge in [-0.2, -0.15) is 0 Å². The van der Waals surface area contributed by atoms with E-state index in [1.165, 1.54) is 17.7 Å². The van der Waals surface area contributed by atoms with Crippen molar-refractivity contribution in [3.8, 4) is 5.75 Å². The average Bonchev–Trinajstić information content (AvgIpc) is 2.98. The van der Waals surface area contributed by atoms with Gasteiger partial charge in [0, 0.05) is 37.7 Å². The topological polar surface area (TPSA) is 36.5 Å². The molecule has 4 nitrogen and oxygen atoms in total. The Morgan fingerprint density at radius 1 is 1.16 bits per heavy atom. The Morgan fingerprint density at radius 3 is 2.80 bits per heavy atom. The second-order valence-corrected chi connectivity index (χ2v) is 7.04. The van der Waals surface area contributed by atoms with Gasteiger partial charge in [0.2, 0.25) is 0 Å². The van der Waals surface area contributed by atoms with Crippen LogP contribution in [-0.4, -0.2) is 30.6 Å². The Labute approximate surface area is 148 Å². The normalized spacial score (nSPS) is 26.7. The smallest absolute Gasteiger partial charge is 0.124 e. The first-order chi connectivity index (χ1) is 12.2. The van der Waals surface area contributed by atoms with E-state index in [0.717, 1.165) is 37.5 Å². The molecule has 2 aromatic carbocycles. The summed E-state index contributed by atoms with van der Waals surface area (Å²) in [4.78, 5) is 2.46. The van der Waals surface area contributed by atoms with Gasteiger partial charge in [0.25, 0.3) is 0 Å². The summed E-state index contributed by atoms with van der Waals surface area (Å²) < 4.78 is 19.3. The number of rotatable bonds is 3. The molecule has 2 aromatic rings. The Morgan fingerprint density at radius 2 is 1.96 bits per heavy atom. The fraction of sp³-hybridized carbons (Fsp3) is 0.400. The molecular weight excluding hydrogens is 317 g/mol.